The van der Waals surface area contributed by atoms with E-state index < -0.39 is 5.60 Å². The molecule has 0 saturated carbocycles. The van der Waals surface area contributed by atoms with Crippen molar-refractivity contribution in [2.45, 2.75) is 50.1 Å². The average Bonchev–Trinajstić information content (AvgIpc) is 3.79. The normalized spacial score (nSPS) is 23.4. The molecular weight excluding hydrogens is 480 g/mol. The number of epoxide rings is 3. The van der Waals surface area contributed by atoms with Crippen LogP contribution in [0.3, 0.4) is 0 Å². The molecule has 3 aliphatic heterocycles. The van der Waals surface area contributed by atoms with Crippen molar-refractivity contribution in [2.75, 3.05) is 39.6 Å². The van der Waals surface area contributed by atoms with Crippen LogP contribution in [0.2, 0.25) is 0 Å². The summed E-state index contributed by atoms with van der Waals surface area (Å²) in [5.74, 6) is 1.71. The highest BCUT2D eigenvalue weighted by Crippen LogP contribution is 2.38. The minimum absolute atomic E-state index is 0.167. The van der Waals surface area contributed by atoms with Gasteiger partial charge in [-0.25, -0.2) is 0 Å². The summed E-state index contributed by atoms with van der Waals surface area (Å²) in [5, 5.41) is 0. The molecule has 0 bridgehead atoms. The van der Waals surface area contributed by atoms with Crippen LogP contribution >= 0.6 is 0 Å². The summed E-state index contributed by atoms with van der Waals surface area (Å²) in [6.45, 7) is 10.8. The molecular formula is C32H36O6. The SMILES string of the molecule is CC(C)(c1ccc(OCC2CO2)cc1)c1ccc(C(C)(OCC2CO2)c2ccc(OCC3CO3)cc2)cc1. The Hall–Kier alpha value is -2.90. The first-order chi connectivity index (χ1) is 18.4. The van der Waals surface area contributed by atoms with E-state index in [-0.39, 0.29) is 23.7 Å². The molecule has 3 aromatic rings. The van der Waals surface area contributed by atoms with Gasteiger partial charge in [0, 0.05) is 5.41 Å². The van der Waals surface area contributed by atoms with Crippen molar-refractivity contribution in [3.05, 3.63) is 95.1 Å². The van der Waals surface area contributed by atoms with Crippen LogP contribution in [-0.2, 0) is 30.0 Å². The Balaban J connectivity index is 1.19. The topological polar surface area (TPSA) is 65.3 Å². The Bertz CT molecular complexity index is 1210. The molecule has 6 nitrogen and oxygen atoms in total. The predicted molar refractivity (Wildman–Crippen MR) is 144 cm³/mol. The van der Waals surface area contributed by atoms with Gasteiger partial charge < -0.3 is 28.4 Å². The molecule has 6 heteroatoms. The van der Waals surface area contributed by atoms with Crippen LogP contribution in [0, 0.1) is 0 Å². The Morgan fingerprint density at radius 2 is 0.895 bits per heavy atom. The number of rotatable bonds is 13. The van der Waals surface area contributed by atoms with Gasteiger partial charge in [0.1, 0.15) is 48.6 Å². The fourth-order valence-corrected chi connectivity index (χ4v) is 4.67. The summed E-state index contributed by atoms with van der Waals surface area (Å²) < 4.78 is 34.1. The first kappa shape index (κ1) is 25.4. The molecule has 4 atom stereocenters. The minimum Gasteiger partial charge on any atom is -0.491 e. The molecule has 0 aromatic heterocycles. The van der Waals surface area contributed by atoms with Crippen LogP contribution in [0.1, 0.15) is 43.0 Å². The van der Waals surface area contributed by atoms with Gasteiger partial charge in [-0.3, -0.25) is 0 Å². The third-order valence-electron chi connectivity index (χ3n) is 7.78. The zero-order valence-electron chi connectivity index (χ0n) is 22.4. The Kier molecular flexibility index (Phi) is 6.91. The Morgan fingerprint density at radius 1 is 0.553 bits per heavy atom. The number of hydrogen-bond donors (Lipinski definition) is 0. The summed E-state index contributed by atoms with van der Waals surface area (Å²) in [6, 6.07) is 25.4. The van der Waals surface area contributed by atoms with E-state index in [1.54, 1.807) is 0 Å². The molecule has 38 heavy (non-hydrogen) atoms. The highest BCUT2D eigenvalue weighted by molar-refractivity contribution is 5.44. The van der Waals surface area contributed by atoms with Gasteiger partial charge in [-0.2, -0.15) is 0 Å². The molecule has 0 aliphatic carbocycles. The highest BCUT2D eigenvalue weighted by atomic mass is 16.6. The van der Waals surface area contributed by atoms with Gasteiger partial charge in [0.05, 0.1) is 26.4 Å². The molecule has 3 saturated heterocycles. The molecule has 0 amide bonds. The van der Waals surface area contributed by atoms with Crippen molar-refractivity contribution in [3.8, 4) is 11.5 Å². The zero-order valence-corrected chi connectivity index (χ0v) is 22.4. The average molecular weight is 517 g/mol. The van der Waals surface area contributed by atoms with Crippen LogP contribution in [0.5, 0.6) is 11.5 Å². The van der Waals surface area contributed by atoms with Crippen LogP contribution in [0.15, 0.2) is 72.8 Å². The molecule has 200 valence electrons. The predicted octanol–water partition coefficient (Wildman–Crippen LogP) is 5.25. The molecule has 0 spiro atoms. The molecule has 4 unspecified atom stereocenters. The fourth-order valence-electron chi connectivity index (χ4n) is 4.67. The first-order valence-corrected chi connectivity index (χ1v) is 13.5. The second-order valence-corrected chi connectivity index (χ2v) is 11.1. The summed E-state index contributed by atoms with van der Waals surface area (Å²) in [4.78, 5) is 0. The Labute approximate surface area is 224 Å². The van der Waals surface area contributed by atoms with E-state index in [9.17, 15) is 0 Å². The van der Waals surface area contributed by atoms with Crippen molar-refractivity contribution in [1.82, 2.24) is 0 Å². The lowest BCUT2D eigenvalue weighted by atomic mass is 9.77. The standard InChI is InChI=1S/C32H36O6/c1-31(2,23-8-12-26(13-9-23)33-16-28-18-35-28)22-4-6-24(7-5-22)32(3,38-21-30-20-37-30)25-10-14-27(15-11-25)34-17-29-19-36-29/h4-15,28-30H,16-21H2,1-3H3. The van der Waals surface area contributed by atoms with Gasteiger partial charge >= 0.3 is 0 Å². The Morgan fingerprint density at radius 3 is 1.32 bits per heavy atom. The maximum Gasteiger partial charge on any atom is 0.119 e. The van der Waals surface area contributed by atoms with Crippen molar-refractivity contribution in [1.29, 1.82) is 0 Å². The molecule has 6 rings (SSSR count). The van der Waals surface area contributed by atoms with Gasteiger partial charge in [-0.1, -0.05) is 62.4 Å². The van der Waals surface area contributed by atoms with E-state index in [1.807, 2.05) is 24.3 Å². The quantitative estimate of drug-likeness (QED) is 0.289. The molecule has 3 aliphatic rings. The monoisotopic (exact) mass is 516 g/mol. The number of benzene rings is 3. The van der Waals surface area contributed by atoms with Crippen LogP contribution in [-0.4, -0.2) is 58.0 Å². The van der Waals surface area contributed by atoms with E-state index >= 15 is 0 Å². The van der Waals surface area contributed by atoms with Gasteiger partial charge in [-0.15, -0.1) is 0 Å². The first-order valence-electron chi connectivity index (χ1n) is 13.5. The van der Waals surface area contributed by atoms with E-state index in [4.69, 9.17) is 28.4 Å². The lowest BCUT2D eigenvalue weighted by molar-refractivity contribution is -0.0119. The lowest BCUT2D eigenvalue weighted by Gasteiger charge is -2.32. The molecule has 3 aromatic carbocycles. The second-order valence-electron chi connectivity index (χ2n) is 11.1. The molecule has 3 fully saturated rings. The van der Waals surface area contributed by atoms with E-state index in [1.165, 1.54) is 11.1 Å². The maximum atomic E-state index is 6.53. The fraction of sp³-hybridized carbons (Fsp3) is 0.438. The van der Waals surface area contributed by atoms with Crippen molar-refractivity contribution >= 4 is 0 Å². The van der Waals surface area contributed by atoms with Crippen LogP contribution in [0.25, 0.3) is 0 Å². The molecule has 3 heterocycles. The van der Waals surface area contributed by atoms with E-state index in [0.29, 0.717) is 19.8 Å². The van der Waals surface area contributed by atoms with Crippen molar-refractivity contribution in [2.24, 2.45) is 0 Å². The minimum atomic E-state index is -0.614. The summed E-state index contributed by atoms with van der Waals surface area (Å²) in [6.07, 6.45) is 0.667. The van der Waals surface area contributed by atoms with Gasteiger partial charge in [0.2, 0.25) is 0 Å². The second kappa shape index (κ2) is 10.3. The lowest BCUT2D eigenvalue weighted by Crippen LogP contribution is -2.29. The molecule has 0 radical (unpaired) electrons. The van der Waals surface area contributed by atoms with Gasteiger partial charge in [0.25, 0.3) is 0 Å². The summed E-state index contributed by atoms with van der Waals surface area (Å²) in [7, 11) is 0. The summed E-state index contributed by atoms with van der Waals surface area (Å²) in [5.41, 5.74) is 3.87. The largest absolute Gasteiger partial charge is 0.491 e. The van der Waals surface area contributed by atoms with Crippen LogP contribution in [0.4, 0.5) is 0 Å². The maximum absolute atomic E-state index is 6.53. The van der Waals surface area contributed by atoms with E-state index in [2.05, 4.69) is 69.3 Å². The molecule has 0 N–H and O–H groups in total. The smallest absolute Gasteiger partial charge is 0.119 e. The van der Waals surface area contributed by atoms with Crippen molar-refractivity contribution in [3.63, 3.8) is 0 Å². The third kappa shape index (κ3) is 5.89. The van der Waals surface area contributed by atoms with Gasteiger partial charge in [0.15, 0.2) is 0 Å². The van der Waals surface area contributed by atoms with Crippen LogP contribution < -0.4 is 9.47 Å². The third-order valence-corrected chi connectivity index (χ3v) is 7.78. The zero-order chi connectivity index (χ0) is 26.2. The van der Waals surface area contributed by atoms with E-state index in [0.717, 1.165) is 42.4 Å². The van der Waals surface area contributed by atoms with Crippen molar-refractivity contribution < 1.29 is 28.4 Å². The highest BCUT2D eigenvalue weighted by Gasteiger charge is 2.34. The number of hydrogen-bond acceptors (Lipinski definition) is 6. The number of ether oxygens (including phenoxy) is 6. The summed E-state index contributed by atoms with van der Waals surface area (Å²) >= 11 is 0. The van der Waals surface area contributed by atoms with Gasteiger partial charge in [-0.05, 0) is 53.4 Å².